The largest absolute Gasteiger partial charge is 0.454 e. The summed E-state index contributed by atoms with van der Waals surface area (Å²) in [5.41, 5.74) is 3.15. The molecule has 0 saturated heterocycles. The van der Waals surface area contributed by atoms with Crippen molar-refractivity contribution in [2.24, 2.45) is 0 Å². The van der Waals surface area contributed by atoms with E-state index in [1.165, 1.54) is 15.7 Å². The van der Waals surface area contributed by atoms with Gasteiger partial charge in [-0.05, 0) is 37.3 Å². The zero-order valence-electron chi connectivity index (χ0n) is 14.9. The number of likely N-dealkylation sites (N-methyl/N-ethyl adjacent to an activating group) is 1. The number of thiazole rings is 1. The molecule has 0 unspecified atom stereocenters. The van der Waals surface area contributed by atoms with Crippen molar-refractivity contribution in [3.8, 4) is 0 Å². The Balaban J connectivity index is 1.58. The molecule has 1 aromatic heterocycles. The third-order valence-electron chi connectivity index (χ3n) is 4.82. The Morgan fingerprint density at radius 1 is 1.35 bits per heavy atom. The van der Waals surface area contributed by atoms with Gasteiger partial charge in [-0.2, -0.15) is 0 Å². The van der Waals surface area contributed by atoms with Crippen LogP contribution in [0.15, 0.2) is 34.4 Å². The summed E-state index contributed by atoms with van der Waals surface area (Å²) in [6, 6.07) is 8.16. The molecule has 3 rings (SSSR count). The van der Waals surface area contributed by atoms with Gasteiger partial charge in [-0.3, -0.25) is 19.0 Å². The third-order valence-corrected chi connectivity index (χ3v) is 5.70. The molecule has 0 aliphatic heterocycles. The van der Waals surface area contributed by atoms with Crippen LogP contribution in [-0.2, 0) is 27.3 Å². The van der Waals surface area contributed by atoms with Gasteiger partial charge >= 0.3 is 10.8 Å². The minimum atomic E-state index is -0.584. The molecular formula is C19H22N2O4S. The van der Waals surface area contributed by atoms with Crippen molar-refractivity contribution in [1.82, 2.24) is 9.47 Å². The predicted molar refractivity (Wildman–Crippen MR) is 99.2 cm³/mol. The van der Waals surface area contributed by atoms with E-state index in [9.17, 15) is 14.4 Å². The first-order valence-electron chi connectivity index (χ1n) is 8.61. The number of ether oxygens (including phenoxy) is 1. The molecule has 0 bridgehead atoms. The van der Waals surface area contributed by atoms with Gasteiger partial charge in [-0.1, -0.05) is 35.6 Å². The summed E-state index contributed by atoms with van der Waals surface area (Å²) in [5, 5.41) is 1.69. The molecule has 26 heavy (non-hydrogen) atoms. The summed E-state index contributed by atoms with van der Waals surface area (Å²) in [4.78, 5) is 37.5. The summed E-state index contributed by atoms with van der Waals surface area (Å²) in [7, 11) is 1.75. The van der Waals surface area contributed by atoms with Crippen molar-refractivity contribution >= 4 is 23.2 Å². The Morgan fingerprint density at radius 2 is 2.12 bits per heavy atom. The maximum atomic E-state index is 12.5. The zero-order valence-corrected chi connectivity index (χ0v) is 15.8. The van der Waals surface area contributed by atoms with Crippen LogP contribution in [0, 0.1) is 6.92 Å². The summed E-state index contributed by atoms with van der Waals surface area (Å²) in [6.07, 6.45) is 2.95. The fourth-order valence-corrected chi connectivity index (χ4v) is 4.05. The third kappa shape index (κ3) is 3.88. The normalized spacial score (nSPS) is 16.0. The number of rotatable bonds is 5. The first-order valence-corrected chi connectivity index (χ1v) is 9.49. The van der Waals surface area contributed by atoms with E-state index in [1.807, 2.05) is 12.1 Å². The number of esters is 1. The van der Waals surface area contributed by atoms with E-state index in [2.05, 4.69) is 12.1 Å². The molecule has 6 nitrogen and oxygen atoms in total. The second-order valence-electron chi connectivity index (χ2n) is 6.50. The molecule has 2 aromatic rings. The smallest absolute Gasteiger partial charge is 0.326 e. The molecule has 7 heteroatoms. The van der Waals surface area contributed by atoms with E-state index in [-0.39, 0.29) is 30.0 Å². The molecule has 1 aliphatic carbocycles. The number of aryl methyl sites for hydroxylation is 2. The summed E-state index contributed by atoms with van der Waals surface area (Å²) in [6.45, 7) is 1.27. The van der Waals surface area contributed by atoms with Gasteiger partial charge in [0.15, 0.2) is 6.61 Å². The van der Waals surface area contributed by atoms with Crippen molar-refractivity contribution in [3.63, 3.8) is 0 Å². The highest BCUT2D eigenvalue weighted by Crippen LogP contribution is 2.33. The van der Waals surface area contributed by atoms with Crippen molar-refractivity contribution in [2.75, 3.05) is 13.7 Å². The van der Waals surface area contributed by atoms with Crippen molar-refractivity contribution in [2.45, 2.75) is 38.8 Å². The van der Waals surface area contributed by atoms with Gasteiger partial charge in [-0.15, -0.1) is 0 Å². The monoisotopic (exact) mass is 374 g/mol. The van der Waals surface area contributed by atoms with Crippen LogP contribution >= 0.6 is 11.3 Å². The number of carbonyl (C=O) groups is 2. The number of benzene rings is 1. The number of aromatic nitrogens is 1. The van der Waals surface area contributed by atoms with Gasteiger partial charge in [0.05, 0.1) is 6.04 Å². The second kappa shape index (κ2) is 7.86. The second-order valence-corrected chi connectivity index (χ2v) is 7.32. The lowest BCUT2D eigenvalue weighted by Gasteiger charge is -2.33. The summed E-state index contributed by atoms with van der Waals surface area (Å²) in [5.74, 6) is -0.825. The Labute approximate surface area is 156 Å². The lowest BCUT2D eigenvalue weighted by atomic mass is 9.87. The van der Waals surface area contributed by atoms with E-state index >= 15 is 0 Å². The average molecular weight is 374 g/mol. The van der Waals surface area contributed by atoms with E-state index in [4.69, 9.17) is 4.74 Å². The number of carbonyl (C=O) groups excluding carboxylic acids is 2. The van der Waals surface area contributed by atoms with Crippen LogP contribution in [0.5, 0.6) is 0 Å². The number of hydrogen-bond acceptors (Lipinski definition) is 5. The van der Waals surface area contributed by atoms with Crippen LogP contribution in [0.1, 0.15) is 35.7 Å². The highest BCUT2D eigenvalue weighted by molar-refractivity contribution is 7.07. The van der Waals surface area contributed by atoms with Gasteiger partial charge in [0.1, 0.15) is 6.54 Å². The molecule has 0 spiro atoms. The topological polar surface area (TPSA) is 68.6 Å². The van der Waals surface area contributed by atoms with Crippen LogP contribution in [0.25, 0.3) is 0 Å². The highest BCUT2D eigenvalue weighted by atomic mass is 32.1. The Bertz CT molecular complexity index is 870. The van der Waals surface area contributed by atoms with E-state index < -0.39 is 5.97 Å². The lowest BCUT2D eigenvalue weighted by molar-refractivity contribution is -0.153. The van der Waals surface area contributed by atoms with Gasteiger partial charge < -0.3 is 9.64 Å². The average Bonchev–Trinajstić information content (AvgIpc) is 2.97. The fraction of sp³-hybridized carbons (Fsp3) is 0.421. The van der Waals surface area contributed by atoms with Gasteiger partial charge in [0.25, 0.3) is 5.91 Å². The Morgan fingerprint density at radius 3 is 2.85 bits per heavy atom. The minimum Gasteiger partial charge on any atom is -0.454 e. The lowest BCUT2D eigenvalue weighted by Crippen LogP contribution is -2.36. The molecule has 1 aromatic carbocycles. The quantitative estimate of drug-likeness (QED) is 0.753. The fourth-order valence-electron chi connectivity index (χ4n) is 3.32. The maximum Gasteiger partial charge on any atom is 0.326 e. The van der Waals surface area contributed by atoms with E-state index in [0.29, 0.717) is 5.69 Å². The first-order chi connectivity index (χ1) is 12.5. The van der Waals surface area contributed by atoms with E-state index in [0.717, 1.165) is 30.6 Å². The molecule has 1 aliphatic rings. The Hall–Kier alpha value is -2.41. The number of amides is 1. The van der Waals surface area contributed by atoms with Gasteiger partial charge in [0.2, 0.25) is 0 Å². The minimum absolute atomic E-state index is 0.00731. The molecule has 1 heterocycles. The number of fused-ring (bicyclic) bond motifs is 1. The molecular weight excluding hydrogens is 352 g/mol. The standard InChI is InChI=1S/C19H22N2O4S/c1-13-12-26-19(24)21(13)10-18(23)25-11-17(22)20(2)16-9-5-7-14-6-3-4-8-15(14)16/h3-4,6,8,12,16H,5,7,9-11H2,1-2H3/t16-/m1/s1. The first kappa shape index (κ1) is 18.4. The molecule has 0 N–H and O–H groups in total. The molecule has 0 saturated carbocycles. The molecule has 1 atom stereocenters. The molecule has 0 fully saturated rings. The van der Waals surface area contributed by atoms with Crippen LogP contribution < -0.4 is 4.87 Å². The van der Waals surface area contributed by atoms with Crippen molar-refractivity contribution in [1.29, 1.82) is 0 Å². The molecule has 138 valence electrons. The summed E-state index contributed by atoms with van der Waals surface area (Å²) < 4.78 is 6.45. The molecule has 1 amide bonds. The number of hydrogen-bond donors (Lipinski definition) is 0. The van der Waals surface area contributed by atoms with E-state index in [1.54, 1.807) is 24.3 Å². The van der Waals surface area contributed by atoms with Gasteiger partial charge in [-0.25, -0.2) is 0 Å². The van der Waals surface area contributed by atoms with Crippen LogP contribution in [-0.4, -0.2) is 35.0 Å². The zero-order chi connectivity index (χ0) is 18.7. The summed E-state index contributed by atoms with van der Waals surface area (Å²) >= 11 is 1.04. The van der Waals surface area contributed by atoms with Crippen molar-refractivity contribution < 1.29 is 14.3 Å². The predicted octanol–water partition coefficient (Wildman–Crippen LogP) is 2.30. The SMILES string of the molecule is Cc1csc(=O)n1CC(=O)OCC(=O)N(C)[C@@H]1CCCc2ccccc21. The van der Waals surface area contributed by atoms with Crippen LogP contribution in [0.4, 0.5) is 0 Å². The Kier molecular flexibility index (Phi) is 5.56. The van der Waals surface area contributed by atoms with Crippen LogP contribution in [0.3, 0.4) is 0 Å². The van der Waals surface area contributed by atoms with Gasteiger partial charge in [0, 0.05) is 18.1 Å². The van der Waals surface area contributed by atoms with Crippen LogP contribution in [0.2, 0.25) is 0 Å². The van der Waals surface area contributed by atoms with Crippen molar-refractivity contribution in [3.05, 3.63) is 56.1 Å². The number of nitrogens with zero attached hydrogens (tertiary/aromatic N) is 2. The highest BCUT2D eigenvalue weighted by Gasteiger charge is 2.27. The maximum absolute atomic E-state index is 12.5. The molecule has 0 radical (unpaired) electrons.